The topological polar surface area (TPSA) is 90.7 Å². The fourth-order valence-corrected chi connectivity index (χ4v) is 3.03. The summed E-state index contributed by atoms with van der Waals surface area (Å²) in [5.74, 6) is 1.83. The Hall–Kier alpha value is -2.71. The number of benzene rings is 1. The minimum Gasteiger partial charge on any atom is -0.411 e. The Labute approximate surface area is 157 Å². The highest BCUT2D eigenvalue weighted by Gasteiger charge is 2.14. The minimum absolute atomic E-state index is 0.421. The van der Waals surface area contributed by atoms with Crippen LogP contribution < -0.4 is 0 Å². The normalized spacial score (nSPS) is 11.0. The zero-order valence-corrected chi connectivity index (χ0v) is 15.2. The van der Waals surface area contributed by atoms with Gasteiger partial charge >= 0.3 is 0 Å². The summed E-state index contributed by atoms with van der Waals surface area (Å²) < 4.78 is 10.9. The molecule has 0 saturated carbocycles. The van der Waals surface area contributed by atoms with Crippen LogP contribution in [0, 0.1) is 6.92 Å². The Kier molecular flexibility index (Phi) is 4.68. The van der Waals surface area contributed by atoms with Crippen molar-refractivity contribution < 1.29 is 8.94 Å². The van der Waals surface area contributed by atoms with Crippen LogP contribution in [0.5, 0.6) is 0 Å². The highest BCUT2D eigenvalue weighted by Crippen LogP contribution is 2.27. The molecule has 0 saturated heterocycles. The van der Waals surface area contributed by atoms with E-state index in [0.717, 1.165) is 16.7 Å². The van der Waals surface area contributed by atoms with Crippen molar-refractivity contribution >= 4 is 23.4 Å². The molecule has 1 aromatic carbocycles. The second kappa shape index (κ2) is 7.27. The van der Waals surface area contributed by atoms with Crippen LogP contribution in [0.4, 0.5) is 0 Å². The van der Waals surface area contributed by atoms with E-state index in [1.54, 1.807) is 24.5 Å². The molecule has 0 fully saturated rings. The minimum atomic E-state index is 0.421. The third-order valence-corrected chi connectivity index (χ3v) is 4.60. The zero-order valence-electron chi connectivity index (χ0n) is 13.6. The van der Waals surface area contributed by atoms with E-state index in [4.69, 9.17) is 20.5 Å². The van der Waals surface area contributed by atoms with E-state index in [1.807, 2.05) is 25.1 Å². The van der Waals surface area contributed by atoms with Crippen LogP contribution in [0.2, 0.25) is 5.02 Å². The van der Waals surface area contributed by atoms with Crippen molar-refractivity contribution in [2.45, 2.75) is 17.9 Å². The van der Waals surface area contributed by atoms with E-state index in [2.05, 4.69) is 25.3 Å². The van der Waals surface area contributed by atoms with Crippen LogP contribution in [-0.4, -0.2) is 25.3 Å². The van der Waals surface area contributed by atoms with Gasteiger partial charge in [0.1, 0.15) is 0 Å². The van der Waals surface area contributed by atoms with Crippen LogP contribution in [0.3, 0.4) is 0 Å². The van der Waals surface area contributed by atoms with Gasteiger partial charge in [0, 0.05) is 28.5 Å². The third kappa shape index (κ3) is 3.61. The van der Waals surface area contributed by atoms with E-state index in [-0.39, 0.29) is 0 Å². The number of halogens is 1. The Morgan fingerprint density at radius 1 is 1.12 bits per heavy atom. The Bertz CT molecular complexity index is 1030. The summed E-state index contributed by atoms with van der Waals surface area (Å²) in [5, 5.41) is 13.1. The molecule has 3 aromatic heterocycles. The summed E-state index contributed by atoms with van der Waals surface area (Å²) in [6.07, 6.45) is 3.34. The van der Waals surface area contributed by atoms with Gasteiger partial charge in [-0.25, -0.2) is 0 Å². The summed E-state index contributed by atoms with van der Waals surface area (Å²) >= 11 is 7.37. The molecule has 4 rings (SSSR count). The van der Waals surface area contributed by atoms with Crippen LogP contribution in [0.25, 0.3) is 22.8 Å². The van der Waals surface area contributed by atoms with Crippen molar-refractivity contribution in [2.75, 3.05) is 0 Å². The monoisotopic (exact) mass is 385 g/mol. The SMILES string of the molecule is Cc1ccc(Cl)cc1-c1noc(CSc2nnc(-c3ccncc3)o2)n1. The number of thioether (sulfide) groups is 1. The van der Waals surface area contributed by atoms with Crippen LogP contribution in [0.15, 0.2) is 56.9 Å². The summed E-state index contributed by atoms with van der Waals surface area (Å²) in [6, 6.07) is 9.17. The lowest BCUT2D eigenvalue weighted by Gasteiger charge is -2.00. The first-order chi connectivity index (χ1) is 12.7. The summed E-state index contributed by atoms with van der Waals surface area (Å²) in [5.41, 5.74) is 2.68. The maximum absolute atomic E-state index is 6.05. The number of aromatic nitrogens is 5. The van der Waals surface area contributed by atoms with E-state index in [0.29, 0.717) is 33.6 Å². The van der Waals surface area contributed by atoms with Gasteiger partial charge in [-0.15, -0.1) is 10.2 Å². The van der Waals surface area contributed by atoms with E-state index >= 15 is 0 Å². The Morgan fingerprint density at radius 2 is 1.96 bits per heavy atom. The van der Waals surface area contributed by atoms with Gasteiger partial charge in [0.05, 0.1) is 5.75 Å². The Balaban J connectivity index is 1.46. The fourth-order valence-electron chi connectivity index (χ4n) is 2.26. The third-order valence-electron chi connectivity index (χ3n) is 3.56. The van der Waals surface area contributed by atoms with Gasteiger partial charge < -0.3 is 8.94 Å². The number of hydrogen-bond acceptors (Lipinski definition) is 8. The molecule has 9 heteroatoms. The molecule has 0 spiro atoms. The quantitative estimate of drug-likeness (QED) is 0.466. The highest BCUT2D eigenvalue weighted by molar-refractivity contribution is 7.98. The molecular weight excluding hydrogens is 374 g/mol. The molecule has 0 atom stereocenters. The number of nitrogens with zero attached hydrogens (tertiary/aromatic N) is 5. The van der Waals surface area contributed by atoms with Crippen molar-refractivity contribution in [2.24, 2.45) is 0 Å². The maximum Gasteiger partial charge on any atom is 0.277 e. The van der Waals surface area contributed by atoms with Gasteiger partial charge in [-0.3, -0.25) is 4.98 Å². The molecule has 0 N–H and O–H groups in total. The van der Waals surface area contributed by atoms with Gasteiger partial charge in [-0.1, -0.05) is 34.6 Å². The molecule has 0 aliphatic carbocycles. The second-order valence-electron chi connectivity index (χ2n) is 5.37. The van der Waals surface area contributed by atoms with E-state index < -0.39 is 0 Å². The molecule has 0 radical (unpaired) electrons. The molecule has 26 heavy (non-hydrogen) atoms. The lowest BCUT2D eigenvalue weighted by molar-refractivity contribution is 0.391. The highest BCUT2D eigenvalue weighted by atomic mass is 35.5. The molecule has 7 nitrogen and oxygen atoms in total. The summed E-state index contributed by atoms with van der Waals surface area (Å²) in [7, 11) is 0. The predicted molar refractivity (Wildman–Crippen MR) is 96.6 cm³/mol. The molecule has 130 valence electrons. The molecule has 0 amide bonds. The molecule has 4 aromatic rings. The molecule has 0 aliphatic heterocycles. The molecule has 0 unspecified atom stereocenters. The molecular formula is C17H12ClN5O2S. The summed E-state index contributed by atoms with van der Waals surface area (Å²) in [6.45, 7) is 1.97. The average molecular weight is 386 g/mol. The van der Waals surface area contributed by atoms with Crippen molar-refractivity contribution in [1.82, 2.24) is 25.3 Å². The fraction of sp³-hybridized carbons (Fsp3) is 0.118. The van der Waals surface area contributed by atoms with Crippen molar-refractivity contribution in [1.29, 1.82) is 0 Å². The first-order valence-electron chi connectivity index (χ1n) is 7.65. The van der Waals surface area contributed by atoms with Gasteiger partial charge in [-0.2, -0.15) is 4.98 Å². The lowest BCUT2D eigenvalue weighted by Crippen LogP contribution is -1.86. The predicted octanol–water partition coefficient (Wildman–Crippen LogP) is 4.44. The van der Waals surface area contributed by atoms with Gasteiger partial charge in [0.25, 0.3) is 5.22 Å². The van der Waals surface area contributed by atoms with Crippen LogP contribution in [-0.2, 0) is 5.75 Å². The van der Waals surface area contributed by atoms with E-state index in [9.17, 15) is 0 Å². The van der Waals surface area contributed by atoms with Gasteiger partial charge in [-0.05, 0) is 36.8 Å². The van der Waals surface area contributed by atoms with Crippen LogP contribution >= 0.6 is 23.4 Å². The number of rotatable bonds is 5. The van der Waals surface area contributed by atoms with Gasteiger partial charge in [0.15, 0.2) is 0 Å². The second-order valence-corrected chi connectivity index (χ2v) is 6.73. The molecule has 3 heterocycles. The van der Waals surface area contributed by atoms with E-state index in [1.165, 1.54) is 11.8 Å². The molecule has 0 aliphatic rings. The largest absolute Gasteiger partial charge is 0.411 e. The smallest absolute Gasteiger partial charge is 0.277 e. The lowest BCUT2D eigenvalue weighted by atomic mass is 10.1. The zero-order chi connectivity index (χ0) is 17.9. The number of pyridine rings is 1. The average Bonchev–Trinajstić information content (AvgIpc) is 3.32. The first-order valence-corrected chi connectivity index (χ1v) is 9.01. The standard InChI is InChI=1S/C17H12ClN5O2S/c1-10-2-3-12(18)8-13(10)15-20-14(25-23-15)9-26-17-22-21-16(24-17)11-4-6-19-7-5-11/h2-8H,9H2,1H3. The van der Waals surface area contributed by atoms with Crippen molar-refractivity contribution in [3.8, 4) is 22.8 Å². The molecule has 0 bridgehead atoms. The van der Waals surface area contributed by atoms with Crippen molar-refractivity contribution in [3.05, 3.63) is 59.2 Å². The van der Waals surface area contributed by atoms with Gasteiger partial charge in [0.2, 0.25) is 17.6 Å². The summed E-state index contributed by atoms with van der Waals surface area (Å²) in [4.78, 5) is 8.37. The maximum atomic E-state index is 6.05. The Morgan fingerprint density at radius 3 is 2.81 bits per heavy atom. The number of hydrogen-bond donors (Lipinski definition) is 0. The first kappa shape index (κ1) is 16.7. The van der Waals surface area contributed by atoms with Crippen LogP contribution in [0.1, 0.15) is 11.5 Å². The number of aryl methyl sites for hydroxylation is 1. The van der Waals surface area contributed by atoms with Crippen molar-refractivity contribution in [3.63, 3.8) is 0 Å².